The predicted octanol–water partition coefficient (Wildman–Crippen LogP) is 19.9. The molecular weight excluding hydrogens is 1680 g/mol. The molecule has 4 amide bonds. The molecule has 0 aliphatic heterocycles. The topological polar surface area (TPSA) is 331 Å². The number of rotatable bonds is 31. The second kappa shape index (κ2) is 44.7. The molecule has 654 valence electrons. The van der Waals surface area contributed by atoms with Crippen molar-refractivity contribution in [1.29, 1.82) is 0 Å². The van der Waals surface area contributed by atoms with E-state index in [4.69, 9.17) is 53.8 Å². The Labute approximate surface area is 757 Å². The summed E-state index contributed by atoms with van der Waals surface area (Å²) in [6.07, 6.45) is 22.0. The van der Waals surface area contributed by atoms with E-state index in [1.807, 2.05) is 183 Å². The number of methoxy groups -OCH3 is 7. The molecule has 0 spiro atoms. The van der Waals surface area contributed by atoms with Gasteiger partial charge in [0.1, 0.15) is 48.4 Å². The highest BCUT2D eigenvalue weighted by atomic mass is 32.2. The number of nitrogens with zero attached hydrogens (tertiary/aromatic N) is 7. The molecule has 0 saturated heterocycles. The highest BCUT2D eigenvalue weighted by Crippen LogP contribution is 2.42. The summed E-state index contributed by atoms with van der Waals surface area (Å²) in [6, 6.07) is 71.3. The molecule has 0 radical (unpaired) electrons. The van der Waals surface area contributed by atoms with Crippen LogP contribution < -0.4 is 63.9 Å². The fourth-order valence-corrected chi connectivity index (χ4v) is 15.7. The number of carbonyl (C=O) groups excluding carboxylic acids is 4. The standard InChI is InChI=1S/C27H20N4OS.C26H24N2O5.C26H24N2O4.C22H21N5O4S/c1-2-5-19-7-4-8-20-10-11-22(13-23(19)20)30-27(32)21-9-3-6-18(12-21)17-33-26-16-28-15-25-24(26)14-29-31-25;1-30-23-12-20(13-24(31-2)25(23)32-3)28-26(29)17-8-6-9-21(11-17)33-16-19-15-27-14-18-7-4-5-10-22(18)19;1-30-12-13-31-24-10-5-8-22(15-24)28-26(29)19-7-4-9-23(14-19)32-18-21-17-27-16-20-6-2-3-11-25(20)21;1-29-17-8-15(9-18(30-2)19(17)31-3)26-21(28)14-6-4-5-13(7-14)11-32-22-16-10-25-27-20(16)23-12-24-22/h1,3-4,6-16H,5,17H2,(H,29,31)(H,30,32);4-15H,16H2,1-3H3,(H,28,29);2-11,14-17H,12-13,18H2,1H3,(H,28,29);4-10,12H,11H2,1-3H3,(H,26,28)(H,23,24,25,27). The average Bonchev–Trinajstić information content (AvgIpc) is 1.30. The summed E-state index contributed by atoms with van der Waals surface area (Å²) in [5.74, 6) is 7.77. The summed E-state index contributed by atoms with van der Waals surface area (Å²) in [7, 11) is 10.8. The Morgan fingerprint density at radius 3 is 1.40 bits per heavy atom. The lowest BCUT2D eigenvalue weighted by Gasteiger charge is -2.15. The van der Waals surface area contributed by atoms with Crippen molar-refractivity contribution in [3.63, 3.8) is 0 Å². The van der Waals surface area contributed by atoms with Crippen LogP contribution in [-0.4, -0.2) is 132 Å². The Bertz CT molecular complexity index is 6850. The maximum Gasteiger partial charge on any atom is 0.255 e. The van der Waals surface area contributed by atoms with Crippen LogP contribution in [0, 0.1) is 12.3 Å². The van der Waals surface area contributed by atoms with Gasteiger partial charge in [0, 0.05) is 164 Å². The zero-order chi connectivity index (χ0) is 90.5. The Balaban J connectivity index is 0.000000140. The molecular formula is C101H89N13O14S2. The molecule has 6 N–H and O–H groups in total. The van der Waals surface area contributed by atoms with Crippen LogP contribution in [0.3, 0.4) is 0 Å². The van der Waals surface area contributed by atoms with E-state index in [2.05, 4.69) is 72.5 Å². The highest BCUT2D eigenvalue weighted by molar-refractivity contribution is 7.99. The van der Waals surface area contributed by atoms with Gasteiger partial charge in [-0.05, 0) is 123 Å². The number of terminal acetylenes is 1. The summed E-state index contributed by atoms with van der Waals surface area (Å²) in [4.78, 5) is 73.8. The third-order valence-electron chi connectivity index (χ3n) is 20.2. The smallest absolute Gasteiger partial charge is 0.255 e. The minimum Gasteiger partial charge on any atom is -0.493 e. The first-order valence-electron chi connectivity index (χ1n) is 40.7. The molecule has 0 atom stereocenters. The quantitative estimate of drug-likeness (QED) is 0.0102. The number of anilines is 4. The van der Waals surface area contributed by atoms with Gasteiger partial charge >= 0.3 is 0 Å². The van der Waals surface area contributed by atoms with Crippen LogP contribution in [0.1, 0.15) is 69.2 Å². The Morgan fingerprint density at radius 1 is 0.377 bits per heavy atom. The van der Waals surface area contributed by atoms with Gasteiger partial charge in [0.15, 0.2) is 28.6 Å². The van der Waals surface area contributed by atoms with Crippen LogP contribution in [0.2, 0.25) is 0 Å². The van der Waals surface area contributed by atoms with Crippen molar-refractivity contribution in [2.24, 2.45) is 0 Å². The summed E-state index contributed by atoms with van der Waals surface area (Å²) in [5, 5.41) is 34.7. The third kappa shape index (κ3) is 23.4. The van der Waals surface area contributed by atoms with Crippen LogP contribution in [0.25, 0.3) is 54.3 Å². The number of nitrogens with one attached hydrogen (secondary N) is 6. The number of hydrogen-bond donors (Lipinski definition) is 6. The van der Waals surface area contributed by atoms with Gasteiger partial charge in [-0.1, -0.05) is 115 Å². The van der Waals surface area contributed by atoms with Gasteiger partial charge in [-0.3, -0.25) is 44.3 Å². The number of carbonyl (C=O) groups is 4. The maximum atomic E-state index is 13.0. The van der Waals surface area contributed by atoms with E-state index in [1.54, 1.807) is 128 Å². The largest absolute Gasteiger partial charge is 0.493 e. The predicted molar refractivity (Wildman–Crippen MR) is 507 cm³/mol. The lowest BCUT2D eigenvalue weighted by molar-refractivity contribution is 0.101. The summed E-state index contributed by atoms with van der Waals surface area (Å²) in [5.41, 5.74) is 11.2. The van der Waals surface area contributed by atoms with E-state index in [1.165, 1.54) is 49.0 Å². The SMILES string of the molecule is C#CCc1cccc2ccc(NC(=O)c3cccc(CSc4cncc5[nH]ncc45)c3)cc12.COCCOc1cccc(NC(=O)c2cccc(OCc3cncc4ccccc34)c2)c1.COc1cc(NC(=O)c2cccc(CSc3ncnc4[nH]ncc34)c2)cc(OC)c1OC.COc1cc(NC(=O)c2cccc(OCc3cncc4ccccc34)c2)cc(OC)c1OC. The number of H-pyrrole nitrogens is 2. The van der Waals surface area contributed by atoms with Gasteiger partial charge in [-0.15, -0.1) is 35.9 Å². The second-order valence-electron chi connectivity index (χ2n) is 28.7. The third-order valence-corrected chi connectivity index (χ3v) is 22.4. The van der Waals surface area contributed by atoms with E-state index in [-0.39, 0.29) is 23.6 Å². The van der Waals surface area contributed by atoms with Gasteiger partial charge in [0.25, 0.3) is 23.6 Å². The fourth-order valence-electron chi connectivity index (χ4n) is 13.8. The molecule has 17 aromatic rings. The van der Waals surface area contributed by atoms with Gasteiger partial charge < -0.3 is 68.6 Å². The zero-order valence-electron chi connectivity index (χ0n) is 71.8. The molecule has 0 unspecified atom stereocenters. The number of ether oxygens (including phenoxy) is 10. The molecule has 6 aromatic heterocycles. The lowest BCUT2D eigenvalue weighted by atomic mass is 10.0. The number of aromatic nitrogens is 9. The number of fused-ring (bicyclic) bond motifs is 5. The Hall–Kier alpha value is -16.0. The van der Waals surface area contributed by atoms with Gasteiger partial charge in [0.05, 0.1) is 78.8 Å². The maximum absolute atomic E-state index is 13.0. The van der Waals surface area contributed by atoms with Crippen LogP contribution in [-0.2, 0) is 35.9 Å². The molecule has 27 nitrogen and oxygen atoms in total. The number of benzene rings is 11. The summed E-state index contributed by atoms with van der Waals surface area (Å²) < 4.78 is 54.6. The molecule has 0 fully saturated rings. The molecule has 0 saturated carbocycles. The molecule has 17 rings (SSSR count). The van der Waals surface area contributed by atoms with Crippen LogP contribution in [0.4, 0.5) is 22.7 Å². The van der Waals surface area contributed by atoms with E-state index in [0.717, 1.165) is 97.8 Å². The second-order valence-corrected chi connectivity index (χ2v) is 30.7. The first-order valence-corrected chi connectivity index (χ1v) is 42.6. The van der Waals surface area contributed by atoms with Crippen molar-refractivity contribution in [2.45, 2.75) is 41.1 Å². The number of aromatic amines is 2. The number of thioether (sulfide) groups is 2. The van der Waals surface area contributed by atoms with E-state index >= 15 is 0 Å². The van der Waals surface area contributed by atoms with Crippen molar-refractivity contribution in [1.82, 2.24) is 45.3 Å². The van der Waals surface area contributed by atoms with E-state index < -0.39 is 0 Å². The normalized spacial score (nSPS) is 10.7. The fraction of sp³-hybridized carbons (Fsp3) is 0.139. The number of amides is 4. The monoisotopic (exact) mass is 1770 g/mol. The van der Waals surface area contributed by atoms with Gasteiger partial charge in [-0.25, -0.2) is 9.97 Å². The van der Waals surface area contributed by atoms with E-state index in [0.29, 0.717) is 135 Å². The molecule has 11 aromatic carbocycles. The lowest BCUT2D eigenvalue weighted by Crippen LogP contribution is -2.12. The molecule has 130 heavy (non-hydrogen) atoms. The van der Waals surface area contributed by atoms with Crippen LogP contribution in [0.15, 0.2) is 296 Å². The first kappa shape index (κ1) is 90.2. The van der Waals surface area contributed by atoms with Crippen molar-refractivity contribution < 1.29 is 66.5 Å². The van der Waals surface area contributed by atoms with Gasteiger partial charge in [-0.2, -0.15) is 10.2 Å². The molecule has 29 heteroatoms. The van der Waals surface area contributed by atoms with Crippen molar-refractivity contribution in [3.8, 4) is 64.1 Å². The summed E-state index contributed by atoms with van der Waals surface area (Å²) in [6.45, 7) is 1.64. The Morgan fingerprint density at radius 2 is 0.854 bits per heavy atom. The van der Waals surface area contributed by atoms with Crippen molar-refractivity contribution in [3.05, 3.63) is 336 Å². The van der Waals surface area contributed by atoms with Crippen molar-refractivity contribution in [2.75, 3.05) is 84.2 Å². The van der Waals surface area contributed by atoms with E-state index in [9.17, 15) is 19.2 Å². The minimum absolute atomic E-state index is 0.144. The first-order chi connectivity index (χ1) is 63.7. The molecule has 0 bridgehead atoms. The molecule has 0 aliphatic rings. The van der Waals surface area contributed by atoms with Crippen LogP contribution >= 0.6 is 23.5 Å². The average molecular weight is 1770 g/mol. The number of hydrogen-bond acceptors (Lipinski definition) is 23. The Kier molecular flexibility index (Phi) is 31.0. The van der Waals surface area contributed by atoms with Crippen molar-refractivity contribution >= 4 is 124 Å². The summed E-state index contributed by atoms with van der Waals surface area (Å²) >= 11 is 3.23. The zero-order valence-corrected chi connectivity index (χ0v) is 73.5. The minimum atomic E-state index is -0.290. The molecule has 0 aliphatic carbocycles. The van der Waals surface area contributed by atoms with Crippen LogP contribution in [0.5, 0.6) is 51.7 Å². The highest BCUT2D eigenvalue weighted by Gasteiger charge is 2.21. The number of pyridine rings is 3. The molecule has 6 heterocycles. The van der Waals surface area contributed by atoms with Gasteiger partial charge in [0.2, 0.25) is 11.5 Å².